The summed E-state index contributed by atoms with van der Waals surface area (Å²) in [6.07, 6.45) is 3.96. The van der Waals surface area contributed by atoms with Crippen molar-refractivity contribution in [1.29, 1.82) is 0 Å². The molecule has 220 valence electrons. The van der Waals surface area contributed by atoms with E-state index in [1.54, 1.807) is 29.7 Å². The second-order valence-corrected chi connectivity index (χ2v) is 11.6. The molecule has 0 bridgehead atoms. The molecule has 1 saturated heterocycles. The van der Waals surface area contributed by atoms with Crippen LogP contribution >= 0.6 is 22.9 Å². The van der Waals surface area contributed by atoms with Crippen LogP contribution in [0.4, 0.5) is 23.0 Å². The van der Waals surface area contributed by atoms with Crippen molar-refractivity contribution in [3.05, 3.63) is 107 Å². The van der Waals surface area contributed by atoms with Crippen LogP contribution in [-0.4, -0.2) is 51.6 Å². The number of carbonyl (C=O) groups is 1. The predicted molar refractivity (Wildman–Crippen MR) is 176 cm³/mol. The number of imidazole rings is 1. The molecular formula is C33H28ClN7O2S. The normalized spacial score (nSPS) is 13.2. The first-order valence-electron chi connectivity index (χ1n) is 14.2. The number of amides is 1. The molecule has 7 rings (SSSR count). The van der Waals surface area contributed by atoms with Gasteiger partial charge in [0, 0.05) is 58.5 Å². The predicted octanol–water partition coefficient (Wildman–Crippen LogP) is 6.93. The molecule has 3 aromatic carbocycles. The first kappa shape index (κ1) is 28.0. The van der Waals surface area contributed by atoms with E-state index in [4.69, 9.17) is 26.3 Å². The lowest BCUT2D eigenvalue weighted by Gasteiger charge is -2.28. The van der Waals surface area contributed by atoms with E-state index < -0.39 is 0 Å². The molecule has 0 spiro atoms. The monoisotopic (exact) mass is 621 g/mol. The van der Waals surface area contributed by atoms with Gasteiger partial charge in [-0.15, -0.1) is 11.3 Å². The first-order chi connectivity index (χ1) is 21.6. The van der Waals surface area contributed by atoms with E-state index in [1.807, 2.05) is 70.6 Å². The Balaban J connectivity index is 1.14. The molecule has 3 aromatic heterocycles. The van der Waals surface area contributed by atoms with Gasteiger partial charge in [-0.1, -0.05) is 35.9 Å². The summed E-state index contributed by atoms with van der Waals surface area (Å²) < 4.78 is 7.51. The molecule has 0 atom stereocenters. The highest BCUT2D eigenvalue weighted by molar-refractivity contribution is 7.15. The zero-order valence-electron chi connectivity index (χ0n) is 23.6. The van der Waals surface area contributed by atoms with E-state index in [1.165, 1.54) is 5.69 Å². The molecule has 0 unspecified atom stereocenters. The van der Waals surface area contributed by atoms with Crippen molar-refractivity contribution in [3.8, 4) is 22.6 Å². The number of ether oxygens (including phenoxy) is 1. The third kappa shape index (κ3) is 6.14. The molecule has 11 heteroatoms. The van der Waals surface area contributed by atoms with Crippen molar-refractivity contribution in [2.75, 3.05) is 41.8 Å². The number of thiazole rings is 1. The first-order valence-corrected chi connectivity index (χ1v) is 15.5. The third-order valence-corrected chi connectivity index (χ3v) is 8.33. The Kier molecular flexibility index (Phi) is 7.93. The van der Waals surface area contributed by atoms with Crippen molar-refractivity contribution in [2.24, 2.45) is 0 Å². The SMILES string of the molecule is O=C(Cc1cccc(Cl)c1)Nc1cccc(-c2nc3sccn3c2-c2ccnc(Nc3ccc(N4CCOCC4)cc3)n2)c1. The van der Waals surface area contributed by atoms with Crippen LogP contribution in [0, 0.1) is 0 Å². The van der Waals surface area contributed by atoms with Gasteiger partial charge in [0.25, 0.3) is 0 Å². The number of benzene rings is 3. The molecule has 1 amide bonds. The molecule has 0 saturated carbocycles. The summed E-state index contributed by atoms with van der Waals surface area (Å²) in [5, 5.41) is 8.96. The number of morpholine rings is 1. The van der Waals surface area contributed by atoms with Gasteiger partial charge >= 0.3 is 0 Å². The molecule has 1 aliphatic rings. The van der Waals surface area contributed by atoms with Gasteiger partial charge < -0.3 is 20.3 Å². The van der Waals surface area contributed by atoms with Crippen molar-refractivity contribution >= 4 is 56.8 Å². The number of nitrogens with zero attached hydrogens (tertiary/aromatic N) is 5. The molecule has 2 N–H and O–H groups in total. The molecule has 0 aliphatic carbocycles. The second kappa shape index (κ2) is 12.5. The standard InChI is InChI=1S/C33H28ClN7O2S/c34-24-5-1-3-22(19-24)20-29(42)36-26-6-2-4-23(21-26)30-31(41-15-18-44-33(41)39-30)28-11-12-35-32(38-28)37-25-7-9-27(10-8-25)40-13-16-43-17-14-40/h1-12,15,18-19,21H,13-14,16-17,20H2,(H,36,42)(H,35,37,38). The number of fused-ring (bicyclic) bond motifs is 1. The molecule has 0 radical (unpaired) electrons. The number of nitrogens with one attached hydrogen (secondary N) is 2. The number of hydrogen-bond donors (Lipinski definition) is 2. The summed E-state index contributed by atoms with van der Waals surface area (Å²) in [6, 6.07) is 25.2. The summed E-state index contributed by atoms with van der Waals surface area (Å²) in [5.74, 6) is 0.361. The molecular weight excluding hydrogens is 594 g/mol. The third-order valence-electron chi connectivity index (χ3n) is 7.33. The zero-order chi connectivity index (χ0) is 29.9. The van der Waals surface area contributed by atoms with E-state index in [9.17, 15) is 4.79 Å². The van der Waals surface area contributed by atoms with Crippen molar-refractivity contribution in [3.63, 3.8) is 0 Å². The number of anilines is 4. The topological polar surface area (TPSA) is 96.7 Å². The van der Waals surface area contributed by atoms with Crippen LogP contribution in [0.15, 0.2) is 96.6 Å². The number of carbonyl (C=O) groups excluding carboxylic acids is 1. The smallest absolute Gasteiger partial charge is 0.228 e. The summed E-state index contributed by atoms with van der Waals surface area (Å²) in [6.45, 7) is 3.27. The van der Waals surface area contributed by atoms with Crippen LogP contribution in [0.3, 0.4) is 0 Å². The van der Waals surface area contributed by atoms with E-state index in [-0.39, 0.29) is 12.3 Å². The van der Waals surface area contributed by atoms with E-state index in [0.717, 1.165) is 65.2 Å². The lowest BCUT2D eigenvalue weighted by Crippen LogP contribution is -2.36. The van der Waals surface area contributed by atoms with E-state index in [2.05, 4.69) is 32.7 Å². The van der Waals surface area contributed by atoms with Gasteiger partial charge in [0.2, 0.25) is 11.9 Å². The molecule has 4 heterocycles. The Labute approximate surface area is 263 Å². The van der Waals surface area contributed by atoms with E-state index in [0.29, 0.717) is 16.7 Å². The fourth-order valence-corrected chi connectivity index (χ4v) is 6.20. The molecule has 6 aromatic rings. The number of hydrogen-bond acceptors (Lipinski definition) is 8. The van der Waals surface area contributed by atoms with Gasteiger partial charge in [-0.2, -0.15) is 0 Å². The average molecular weight is 622 g/mol. The minimum absolute atomic E-state index is 0.125. The van der Waals surface area contributed by atoms with Gasteiger partial charge in [-0.05, 0) is 60.2 Å². The summed E-state index contributed by atoms with van der Waals surface area (Å²) >= 11 is 7.64. The largest absolute Gasteiger partial charge is 0.378 e. The minimum Gasteiger partial charge on any atom is -0.378 e. The van der Waals surface area contributed by atoms with Crippen molar-refractivity contribution in [1.82, 2.24) is 19.4 Å². The quantitative estimate of drug-likeness (QED) is 0.190. The number of halogens is 1. The Morgan fingerprint density at radius 3 is 2.64 bits per heavy atom. The van der Waals surface area contributed by atoms with Crippen LogP contribution in [0.1, 0.15) is 5.56 Å². The fraction of sp³-hybridized carbons (Fsp3) is 0.152. The lowest BCUT2D eigenvalue weighted by atomic mass is 10.1. The highest BCUT2D eigenvalue weighted by Gasteiger charge is 2.19. The van der Waals surface area contributed by atoms with Crippen LogP contribution in [0.2, 0.25) is 5.02 Å². The maximum atomic E-state index is 12.8. The number of rotatable bonds is 8. The fourth-order valence-electron chi connectivity index (χ4n) is 5.27. The Bertz CT molecular complexity index is 1930. The molecule has 44 heavy (non-hydrogen) atoms. The minimum atomic E-state index is -0.125. The molecule has 9 nitrogen and oxygen atoms in total. The average Bonchev–Trinajstić information content (AvgIpc) is 3.64. The van der Waals surface area contributed by atoms with Gasteiger partial charge in [0.05, 0.1) is 31.0 Å². The molecule has 1 aliphatic heterocycles. The maximum absolute atomic E-state index is 12.8. The van der Waals surface area contributed by atoms with Crippen molar-refractivity contribution < 1.29 is 9.53 Å². The van der Waals surface area contributed by atoms with Crippen LogP contribution in [-0.2, 0) is 16.0 Å². The van der Waals surface area contributed by atoms with Crippen LogP contribution in [0.25, 0.3) is 27.6 Å². The Morgan fingerprint density at radius 1 is 0.955 bits per heavy atom. The summed E-state index contributed by atoms with van der Waals surface area (Å²) in [4.78, 5) is 30.3. The highest BCUT2D eigenvalue weighted by Crippen LogP contribution is 2.35. The van der Waals surface area contributed by atoms with Crippen molar-refractivity contribution in [2.45, 2.75) is 6.42 Å². The Hall–Kier alpha value is -4.77. The Morgan fingerprint density at radius 2 is 1.80 bits per heavy atom. The van der Waals surface area contributed by atoms with Crippen LogP contribution < -0.4 is 15.5 Å². The van der Waals surface area contributed by atoms with Gasteiger partial charge in [0.15, 0.2) is 4.96 Å². The van der Waals surface area contributed by atoms with Gasteiger partial charge in [-0.3, -0.25) is 9.20 Å². The summed E-state index contributed by atoms with van der Waals surface area (Å²) in [7, 11) is 0. The summed E-state index contributed by atoms with van der Waals surface area (Å²) in [5.41, 5.74) is 6.80. The van der Waals surface area contributed by atoms with Crippen LogP contribution in [0.5, 0.6) is 0 Å². The molecule has 1 fully saturated rings. The zero-order valence-corrected chi connectivity index (χ0v) is 25.2. The maximum Gasteiger partial charge on any atom is 0.228 e. The van der Waals surface area contributed by atoms with Gasteiger partial charge in [-0.25, -0.2) is 15.0 Å². The second-order valence-electron chi connectivity index (χ2n) is 10.3. The number of aromatic nitrogens is 4. The van der Waals surface area contributed by atoms with Gasteiger partial charge in [0.1, 0.15) is 5.69 Å². The van der Waals surface area contributed by atoms with E-state index >= 15 is 0 Å². The lowest BCUT2D eigenvalue weighted by molar-refractivity contribution is -0.115. The highest BCUT2D eigenvalue weighted by atomic mass is 35.5.